The third-order valence-electron chi connectivity index (χ3n) is 3.93. The molecule has 7 nitrogen and oxygen atoms in total. The molecule has 1 aromatic heterocycles. The number of aromatic hydroxyl groups is 1. The molecule has 0 saturated heterocycles. The number of carbonyl (C=O) groups is 2. The summed E-state index contributed by atoms with van der Waals surface area (Å²) in [6.07, 6.45) is 0. The SMILES string of the molecule is Cc1ccc(-c2cccc3c(=O)oc(O)c(C(=O)NCC(=O)O)c23)cc1. The number of aryl methyl sites for hydroxylation is 1. The van der Waals surface area contributed by atoms with E-state index in [1.807, 2.05) is 31.2 Å². The van der Waals surface area contributed by atoms with Gasteiger partial charge in [-0.3, -0.25) is 9.59 Å². The molecule has 0 bridgehead atoms. The Balaban J connectivity index is 2.30. The van der Waals surface area contributed by atoms with Crippen LogP contribution in [0, 0.1) is 6.92 Å². The molecule has 0 aliphatic carbocycles. The van der Waals surface area contributed by atoms with Crippen LogP contribution in [-0.4, -0.2) is 28.6 Å². The van der Waals surface area contributed by atoms with Gasteiger partial charge in [0.25, 0.3) is 11.9 Å². The molecule has 2 aromatic carbocycles. The number of rotatable bonds is 4. The Labute approximate surface area is 147 Å². The zero-order valence-electron chi connectivity index (χ0n) is 13.8. The summed E-state index contributed by atoms with van der Waals surface area (Å²) >= 11 is 0. The maximum Gasteiger partial charge on any atom is 0.346 e. The number of amides is 1. The number of benzene rings is 2. The maximum absolute atomic E-state index is 12.4. The van der Waals surface area contributed by atoms with Gasteiger partial charge >= 0.3 is 11.6 Å². The van der Waals surface area contributed by atoms with Crippen LogP contribution >= 0.6 is 0 Å². The zero-order valence-corrected chi connectivity index (χ0v) is 13.8. The van der Waals surface area contributed by atoms with Gasteiger partial charge in [-0.25, -0.2) is 4.79 Å². The minimum absolute atomic E-state index is 0.112. The first-order chi connectivity index (χ1) is 12.4. The highest BCUT2D eigenvalue weighted by Gasteiger charge is 2.23. The molecule has 7 heteroatoms. The van der Waals surface area contributed by atoms with Crippen LogP contribution < -0.4 is 10.9 Å². The van der Waals surface area contributed by atoms with Crippen molar-refractivity contribution in [3.8, 4) is 17.1 Å². The number of aliphatic carboxylic acids is 1. The van der Waals surface area contributed by atoms with Gasteiger partial charge in [0.1, 0.15) is 12.1 Å². The average Bonchev–Trinajstić information content (AvgIpc) is 2.60. The molecule has 1 heterocycles. The molecule has 3 N–H and O–H groups in total. The van der Waals surface area contributed by atoms with Crippen molar-refractivity contribution in [2.75, 3.05) is 6.54 Å². The van der Waals surface area contributed by atoms with Gasteiger partial charge in [-0.2, -0.15) is 0 Å². The Bertz CT molecular complexity index is 1070. The first kappa shape index (κ1) is 17.2. The summed E-state index contributed by atoms with van der Waals surface area (Å²) in [5, 5.41) is 21.3. The predicted octanol–water partition coefficient (Wildman–Crippen LogP) is 2.29. The van der Waals surface area contributed by atoms with Gasteiger partial charge in [-0.05, 0) is 24.1 Å². The van der Waals surface area contributed by atoms with E-state index in [2.05, 4.69) is 5.32 Å². The molecule has 0 fully saturated rings. The fraction of sp³-hybridized carbons (Fsp3) is 0.105. The van der Waals surface area contributed by atoms with Crippen LogP contribution in [-0.2, 0) is 4.79 Å². The van der Waals surface area contributed by atoms with Crippen LogP contribution in [0.25, 0.3) is 21.9 Å². The molecule has 132 valence electrons. The molecular formula is C19H15NO6. The van der Waals surface area contributed by atoms with Gasteiger partial charge in [-0.1, -0.05) is 42.0 Å². The predicted molar refractivity (Wildman–Crippen MR) is 94.3 cm³/mol. The zero-order chi connectivity index (χ0) is 18.8. The van der Waals surface area contributed by atoms with Crippen molar-refractivity contribution in [2.24, 2.45) is 0 Å². The average molecular weight is 353 g/mol. The number of nitrogens with one attached hydrogen (secondary N) is 1. The second-order valence-corrected chi connectivity index (χ2v) is 5.74. The van der Waals surface area contributed by atoms with E-state index < -0.39 is 30.0 Å². The third kappa shape index (κ3) is 3.14. The Morgan fingerprint density at radius 3 is 2.46 bits per heavy atom. The lowest BCUT2D eigenvalue weighted by molar-refractivity contribution is -0.135. The van der Waals surface area contributed by atoms with E-state index in [1.165, 1.54) is 6.07 Å². The highest BCUT2D eigenvalue weighted by atomic mass is 16.5. The summed E-state index contributed by atoms with van der Waals surface area (Å²) in [5.41, 5.74) is 1.25. The number of carboxylic acid groups (broad SMARTS) is 1. The van der Waals surface area contributed by atoms with Gasteiger partial charge in [0, 0.05) is 5.39 Å². The molecule has 0 unspecified atom stereocenters. The third-order valence-corrected chi connectivity index (χ3v) is 3.93. The Morgan fingerprint density at radius 1 is 1.12 bits per heavy atom. The molecule has 0 spiro atoms. The molecular weight excluding hydrogens is 338 g/mol. The van der Waals surface area contributed by atoms with Gasteiger partial charge in [0.2, 0.25) is 0 Å². The quantitative estimate of drug-likeness (QED) is 0.662. The van der Waals surface area contributed by atoms with E-state index in [4.69, 9.17) is 9.52 Å². The van der Waals surface area contributed by atoms with Crippen molar-refractivity contribution in [3.63, 3.8) is 0 Å². The lowest BCUT2D eigenvalue weighted by Crippen LogP contribution is -2.29. The Kier molecular flexibility index (Phi) is 4.45. The highest BCUT2D eigenvalue weighted by Crippen LogP contribution is 2.33. The number of hydrogen-bond donors (Lipinski definition) is 3. The molecule has 0 aliphatic rings. The fourth-order valence-corrected chi connectivity index (χ4v) is 2.72. The molecule has 0 atom stereocenters. The normalized spacial score (nSPS) is 10.7. The summed E-state index contributed by atoms with van der Waals surface area (Å²) in [6.45, 7) is 1.30. The van der Waals surface area contributed by atoms with Crippen LogP contribution in [0.3, 0.4) is 0 Å². The molecule has 0 radical (unpaired) electrons. The minimum Gasteiger partial charge on any atom is -0.480 e. The molecule has 3 aromatic rings. The lowest BCUT2D eigenvalue weighted by Gasteiger charge is -2.12. The monoisotopic (exact) mass is 353 g/mol. The fourth-order valence-electron chi connectivity index (χ4n) is 2.72. The van der Waals surface area contributed by atoms with Crippen LogP contribution in [0.1, 0.15) is 15.9 Å². The van der Waals surface area contributed by atoms with Crippen molar-refractivity contribution in [1.82, 2.24) is 5.32 Å². The van der Waals surface area contributed by atoms with Crippen molar-refractivity contribution in [3.05, 3.63) is 64.0 Å². The van der Waals surface area contributed by atoms with Gasteiger partial charge in [-0.15, -0.1) is 0 Å². The second-order valence-electron chi connectivity index (χ2n) is 5.74. The Hall–Kier alpha value is -3.61. The summed E-state index contributed by atoms with van der Waals surface area (Å²) in [6, 6.07) is 12.2. The second kappa shape index (κ2) is 6.72. The number of carboxylic acids is 1. The number of carbonyl (C=O) groups excluding carboxylic acids is 1. The maximum atomic E-state index is 12.4. The van der Waals surface area contributed by atoms with E-state index in [0.717, 1.165) is 11.1 Å². The van der Waals surface area contributed by atoms with Crippen molar-refractivity contribution in [2.45, 2.75) is 6.92 Å². The molecule has 26 heavy (non-hydrogen) atoms. The van der Waals surface area contributed by atoms with E-state index in [1.54, 1.807) is 12.1 Å². The van der Waals surface area contributed by atoms with Crippen molar-refractivity contribution >= 4 is 22.6 Å². The molecule has 1 amide bonds. The van der Waals surface area contributed by atoms with E-state index in [0.29, 0.717) is 5.56 Å². The number of fused-ring (bicyclic) bond motifs is 1. The summed E-state index contributed by atoms with van der Waals surface area (Å²) in [4.78, 5) is 35.3. The van der Waals surface area contributed by atoms with Gasteiger partial charge in [0.15, 0.2) is 0 Å². The van der Waals surface area contributed by atoms with Crippen LogP contribution in [0.5, 0.6) is 5.95 Å². The van der Waals surface area contributed by atoms with Gasteiger partial charge in [0.05, 0.1) is 5.39 Å². The van der Waals surface area contributed by atoms with E-state index in [9.17, 15) is 19.5 Å². The Morgan fingerprint density at radius 2 is 1.81 bits per heavy atom. The minimum atomic E-state index is -1.24. The molecule has 0 saturated carbocycles. The van der Waals surface area contributed by atoms with Crippen molar-refractivity contribution < 1.29 is 24.2 Å². The molecule has 3 rings (SSSR count). The van der Waals surface area contributed by atoms with Crippen molar-refractivity contribution in [1.29, 1.82) is 0 Å². The first-order valence-corrected chi connectivity index (χ1v) is 7.74. The topological polar surface area (TPSA) is 117 Å². The highest BCUT2D eigenvalue weighted by molar-refractivity contribution is 6.13. The summed E-state index contributed by atoms with van der Waals surface area (Å²) in [7, 11) is 0. The number of hydrogen-bond acceptors (Lipinski definition) is 5. The first-order valence-electron chi connectivity index (χ1n) is 7.74. The standard InChI is InChI=1S/C19H15NO6/c1-10-5-7-11(8-6-10)12-3-2-4-13-15(12)16(19(25)26-18(13)24)17(23)20-9-14(21)22/h2-8,25H,9H2,1H3,(H,20,23)(H,21,22). The largest absolute Gasteiger partial charge is 0.480 e. The smallest absolute Gasteiger partial charge is 0.346 e. The van der Waals surface area contributed by atoms with Crippen LogP contribution in [0.4, 0.5) is 0 Å². The lowest BCUT2D eigenvalue weighted by atomic mass is 9.95. The summed E-state index contributed by atoms with van der Waals surface area (Å²) < 4.78 is 4.75. The van der Waals surface area contributed by atoms with E-state index in [-0.39, 0.29) is 16.3 Å². The van der Waals surface area contributed by atoms with Crippen LogP contribution in [0.15, 0.2) is 51.7 Å². The van der Waals surface area contributed by atoms with Gasteiger partial charge < -0.3 is 19.9 Å². The van der Waals surface area contributed by atoms with E-state index >= 15 is 0 Å². The summed E-state index contributed by atoms with van der Waals surface area (Å²) in [5.74, 6) is -2.94. The van der Waals surface area contributed by atoms with Crippen LogP contribution in [0.2, 0.25) is 0 Å². The molecule has 0 aliphatic heterocycles.